The molecule has 0 bridgehead atoms. The summed E-state index contributed by atoms with van der Waals surface area (Å²) in [6.07, 6.45) is 0.852. The third-order valence-corrected chi connectivity index (χ3v) is 8.02. The number of fused-ring (bicyclic) bond motifs is 1. The molecule has 1 amide bonds. The molecule has 188 valence electrons. The number of amides is 1. The summed E-state index contributed by atoms with van der Waals surface area (Å²) in [7, 11) is 1.38. The molecule has 1 aromatic heterocycles. The summed E-state index contributed by atoms with van der Waals surface area (Å²) < 4.78 is 5.12. The number of benzene rings is 2. The lowest BCUT2D eigenvalue weighted by atomic mass is 9.95. The number of carbonyl (C=O) groups is 2. The zero-order valence-electron chi connectivity index (χ0n) is 20.6. The minimum atomic E-state index is -0.413. The van der Waals surface area contributed by atoms with E-state index in [0.717, 1.165) is 27.6 Å². The molecule has 0 radical (unpaired) electrons. The quantitative estimate of drug-likeness (QED) is 0.363. The van der Waals surface area contributed by atoms with Gasteiger partial charge >= 0.3 is 5.97 Å². The van der Waals surface area contributed by atoms with Crippen LogP contribution in [-0.4, -0.2) is 29.1 Å². The molecule has 2 aliphatic heterocycles. The van der Waals surface area contributed by atoms with Gasteiger partial charge in [0.25, 0.3) is 0 Å². The molecule has 5 rings (SSSR count). The van der Waals surface area contributed by atoms with Gasteiger partial charge in [-0.25, -0.2) is 9.79 Å². The Hall–Kier alpha value is -3.62. The maximum Gasteiger partial charge on any atom is 0.338 e. The summed E-state index contributed by atoms with van der Waals surface area (Å²) in [5.74, 6) is -0.503. The van der Waals surface area contributed by atoms with Crippen LogP contribution in [0, 0.1) is 0 Å². The number of hydrogen-bond donors (Lipinski definition) is 1. The van der Waals surface area contributed by atoms with E-state index in [1.54, 1.807) is 11.3 Å². The molecule has 2 aliphatic rings. The first-order valence-electron chi connectivity index (χ1n) is 12.0. The Balaban J connectivity index is 1.39. The van der Waals surface area contributed by atoms with Crippen molar-refractivity contribution < 1.29 is 14.3 Å². The highest BCUT2D eigenvalue weighted by molar-refractivity contribution is 8.16. The number of thiophene rings is 1. The van der Waals surface area contributed by atoms with Crippen molar-refractivity contribution in [3.63, 3.8) is 0 Å². The van der Waals surface area contributed by atoms with Gasteiger partial charge in [0.2, 0.25) is 5.91 Å². The van der Waals surface area contributed by atoms with Crippen molar-refractivity contribution in [3.8, 4) is 0 Å². The number of ether oxygens (including phenoxy) is 1. The highest BCUT2D eigenvalue weighted by Gasteiger charge is 2.41. The van der Waals surface area contributed by atoms with Crippen LogP contribution in [-0.2, 0) is 20.7 Å². The third kappa shape index (κ3) is 5.40. The number of amidine groups is 1. The largest absolute Gasteiger partial charge is 0.466 e. The lowest BCUT2D eigenvalue weighted by Crippen LogP contribution is -2.38. The molecule has 3 aromatic rings. The molecular weight excluding hydrogens is 502 g/mol. The molecule has 2 aromatic carbocycles. The zero-order chi connectivity index (χ0) is 25.8. The molecule has 0 saturated carbocycles. The minimum absolute atomic E-state index is 0.0900. The summed E-state index contributed by atoms with van der Waals surface area (Å²) in [5.41, 5.74) is 5.10. The molecule has 6 nitrogen and oxygen atoms in total. The SMILES string of the molecule is COC(=O)C1=C(C)N=C2SC=C(CC(=O)N[C@@H](Cc3ccccc3)c3ccccc3)N2[C@H]1c1ccsc1. The van der Waals surface area contributed by atoms with Crippen LogP contribution in [0.5, 0.6) is 0 Å². The van der Waals surface area contributed by atoms with E-state index in [4.69, 9.17) is 4.74 Å². The van der Waals surface area contributed by atoms with E-state index >= 15 is 0 Å². The Morgan fingerprint density at radius 2 is 1.81 bits per heavy atom. The van der Waals surface area contributed by atoms with E-state index < -0.39 is 12.0 Å². The first kappa shape index (κ1) is 25.0. The van der Waals surface area contributed by atoms with Crippen LogP contribution in [0.2, 0.25) is 0 Å². The molecule has 0 spiro atoms. The summed E-state index contributed by atoms with van der Waals surface area (Å²) >= 11 is 3.04. The molecule has 2 atom stereocenters. The van der Waals surface area contributed by atoms with Gasteiger partial charge in [-0.1, -0.05) is 72.4 Å². The fraction of sp³-hybridized carbons (Fsp3) is 0.207. The van der Waals surface area contributed by atoms with Gasteiger partial charge in [0, 0.05) is 5.70 Å². The minimum Gasteiger partial charge on any atom is -0.466 e. The standard InChI is InChI=1S/C29H27N3O3S2/c1-19-26(28(34)35-2)27(22-13-14-36-17-22)32-23(18-37-29(32)30-19)16-25(33)31-24(21-11-7-4-8-12-21)15-20-9-5-3-6-10-20/h3-14,17-18,24,27H,15-16H2,1-2H3,(H,31,33)/t24-,27-/m0/s1. The molecular formula is C29H27N3O3S2. The van der Waals surface area contributed by atoms with E-state index in [1.165, 1.54) is 18.9 Å². The number of nitrogens with one attached hydrogen (secondary N) is 1. The topological polar surface area (TPSA) is 71.0 Å². The number of rotatable bonds is 8. The number of hydrogen-bond acceptors (Lipinski definition) is 7. The number of allylic oxidation sites excluding steroid dienone is 1. The Bertz CT molecular complexity index is 1370. The first-order valence-corrected chi connectivity index (χ1v) is 13.8. The average Bonchev–Trinajstić information content (AvgIpc) is 3.59. The van der Waals surface area contributed by atoms with Gasteiger partial charge in [0.1, 0.15) is 0 Å². The van der Waals surface area contributed by atoms with Crippen molar-refractivity contribution in [1.29, 1.82) is 0 Å². The maximum atomic E-state index is 13.4. The van der Waals surface area contributed by atoms with Crippen LogP contribution < -0.4 is 5.32 Å². The zero-order valence-corrected chi connectivity index (χ0v) is 22.2. The van der Waals surface area contributed by atoms with Crippen LogP contribution in [0.3, 0.4) is 0 Å². The highest BCUT2D eigenvalue weighted by Crippen LogP contribution is 2.45. The molecule has 1 N–H and O–H groups in total. The van der Waals surface area contributed by atoms with E-state index in [0.29, 0.717) is 17.7 Å². The van der Waals surface area contributed by atoms with Crippen molar-refractivity contribution in [2.24, 2.45) is 4.99 Å². The van der Waals surface area contributed by atoms with Gasteiger partial charge in [-0.3, -0.25) is 4.79 Å². The van der Waals surface area contributed by atoms with Gasteiger partial charge in [-0.05, 0) is 52.3 Å². The summed E-state index contributed by atoms with van der Waals surface area (Å²) in [6.45, 7) is 1.83. The maximum absolute atomic E-state index is 13.4. The second-order valence-corrected chi connectivity index (χ2v) is 10.5. The lowest BCUT2D eigenvalue weighted by molar-refractivity contribution is -0.136. The van der Waals surface area contributed by atoms with Crippen LogP contribution in [0.1, 0.15) is 42.1 Å². The molecule has 3 heterocycles. The lowest BCUT2D eigenvalue weighted by Gasteiger charge is -2.35. The Labute approximate surface area is 224 Å². The van der Waals surface area contributed by atoms with Gasteiger partial charge in [-0.2, -0.15) is 11.3 Å². The van der Waals surface area contributed by atoms with Crippen LogP contribution in [0.4, 0.5) is 0 Å². The number of esters is 1. The van der Waals surface area contributed by atoms with Crippen LogP contribution in [0.15, 0.2) is 105 Å². The van der Waals surface area contributed by atoms with Crippen LogP contribution >= 0.6 is 23.1 Å². The second-order valence-electron chi connectivity index (χ2n) is 8.84. The smallest absolute Gasteiger partial charge is 0.338 e. The third-order valence-electron chi connectivity index (χ3n) is 6.43. The normalized spacial score (nSPS) is 17.6. The van der Waals surface area contributed by atoms with Gasteiger partial charge < -0.3 is 15.0 Å². The molecule has 8 heteroatoms. The second kappa shape index (κ2) is 11.2. The highest BCUT2D eigenvalue weighted by atomic mass is 32.2. The predicted octanol–water partition coefficient (Wildman–Crippen LogP) is 5.99. The number of carbonyl (C=O) groups excluding carboxylic acids is 2. The molecule has 0 saturated heterocycles. The van der Waals surface area contributed by atoms with Crippen molar-refractivity contribution >= 4 is 40.1 Å². The fourth-order valence-corrected chi connectivity index (χ4v) is 6.33. The molecule has 37 heavy (non-hydrogen) atoms. The predicted molar refractivity (Wildman–Crippen MR) is 149 cm³/mol. The number of methoxy groups -OCH3 is 1. The van der Waals surface area contributed by atoms with E-state index in [9.17, 15) is 9.59 Å². The summed E-state index contributed by atoms with van der Waals surface area (Å²) in [5, 5.41) is 9.97. The van der Waals surface area contributed by atoms with Crippen molar-refractivity contribution in [2.45, 2.75) is 31.8 Å². The van der Waals surface area contributed by atoms with Gasteiger partial charge in [0.05, 0.1) is 36.9 Å². The summed E-state index contributed by atoms with van der Waals surface area (Å²) in [4.78, 5) is 32.9. The first-order chi connectivity index (χ1) is 18.0. The summed E-state index contributed by atoms with van der Waals surface area (Å²) in [6, 6.07) is 21.6. The molecule has 0 aliphatic carbocycles. The van der Waals surface area contributed by atoms with Gasteiger partial charge in [-0.15, -0.1) is 0 Å². The molecule has 0 unspecified atom stereocenters. The van der Waals surface area contributed by atoms with Crippen molar-refractivity contribution in [2.75, 3.05) is 7.11 Å². The van der Waals surface area contributed by atoms with Crippen molar-refractivity contribution in [1.82, 2.24) is 10.2 Å². The average molecular weight is 530 g/mol. The van der Waals surface area contributed by atoms with E-state index in [-0.39, 0.29) is 18.4 Å². The Morgan fingerprint density at radius 1 is 1.08 bits per heavy atom. The Kier molecular flexibility index (Phi) is 7.58. The monoisotopic (exact) mass is 529 g/mol. The van der Waals surface area contributed by atoms with E-state index in [1.807, 2.05) is 82.6 Å². The van der Waals surface area contributed by atoms with Crippen LogP contribution in [0.25, 0.3) is 0 Å². The fourth-order valence-electron chi connectivity index (χ4n) is 4.68. The van der Waals surface area contributed by atoms with Gasteiger partial charge in [0.15, 0.2) is 5.17 Å². The van der Waals surface area contributed by atoms with E-state index in [2.05, 4.69) is 22.4 Å². The number of aliphatic imine (C=N–C) groups is 1. The number of nitrogens with zero attached hydrogens (tertiary/aromatic N) is 2. The molecule has 0 fully saturated rings. The Morgan fingerprint density at radius 3 is 2.49 bits per heavy atom. The number of thioether (sulfide) groups is 1. The van der Waals surface area contributed by atoms with Crippen molar-refractivity contribution in [3.05, 3.63) is 117 Å².